The number of nitrogens with one attached hydrogen (secondary N) is 1. The molecule has 3 rings (SSSR count). The Labute approximate surface area is 160 Å². The molecule has 1 saturated heterocycles. The molecule has 6 heteroatoms. The second-order valence-electron chi connectivity index (χ2n) is 7.30. The first kappa shape index (κ1) is 19.4. The molecular weight excluding hydrogens is 343 g/mol. The fourth-order valence-corrected chi connectivity index (χ4v) is 3.76. The smallest absolute Gasteiger partial charge is 0.217 e. The van der Waals surface area contributed by atoms with Crippen LogP contribution in [0.3, 0.4) is 0 Å². The minimum absolute atomic E-state index is 0.0623. The summed E-state index contributed by atoms with van der Waals surface area (Å²) in [5.41, 5.74) is 1.63. The molecule has 1 amide bonds. The van der Waals surface area contributed by atoms with Crippen LogP contribution in [0.2, 0.25) is 0 Å². The third-order valence-electron chi connectivity index (χ3n) is 5.16. The topological polar surface area (TPSA) is 58.1 Å². The van der Waals surface area contributed by atoms with Crippen molar-refractivity contribution in [2.24, 2.45) is 0 Å². The maximum absolute atomic E-state index is 13.3. The molecule has 0 unspecified atom stereocenters. The number of likely N-dealkylation sites (tertiary alicyclic amines) is 1. The molecule has 0 radical (unpaired) electrons. The molecule has 0 spiro atoms. The summed E-state index contributed by atoms with van der Waals surface area (Å²) in [5, 5.41) is 3.12. The molecule has 0 aliphatic carbocycles. The van der Waals surface area contributed by atoms with Gasteiger partial charge in [0.2, 0.25) is 5.91 Å². The van der Waals surface area contributed by atoms with E-state index in [1.54, 1.807) is 12.1 Å². The van der Waals surface area contributed by atoms with Crippen LogP contribution >= 0.6 is 0 Å². The molecule has 27 heavy (non-hydrogen) atoms. The van der Waals surface area contributed by atoms with Crippen LogP contribution in [0.5, 0.6) is 0 Å². The Hall–Kier alpha value is -2.34. The minimum atomic E-state index is -0.433. The third-order valence-corrected chi connectivity index (χ3v) is 5.16. The van der Waals surface area contributed by atoms with Crippen LogP contribution in [0.4, 0.5) is 4.39 Å². The minimum Gasteiger partial charge on any atom is -0.347 e. The Bertz CT molecular complexity index is 753. The van der Waals surface area contributed by atoms with Crippen LogP contribution in [0.25, 0.3) is 0 Å². The molecule has 1 fully saturated rings. The average Bonchev–Trinajstić information content (AvgIpc) is 2.65. The molecule has 2 heterocycles. The van der Waals surface area contributed by atoms with Crippen molar-refractivity contribution in [2.75, 3.05) is 13.1 Å². The molecule has 0 atom stereocenters. The molecule has 1 aromatic heterocycles. The lowest BCUT2D eigenvalue weighted by molar-refractivity contribution is -0.121. The Morgan fingerprint density at radius 3 is 2.37 bits per heavy atom. The van der Waals surface area contributed by atoms with Gasteiger partial charge in [-0.1, -0.05) is 19.1 Å². The Kier molecular flexibility index (Phi) is 6.16. The van der Waals surface area contributed by atoms with Gasteiger partial charge in [0.15, 0.2) is 0 Å². The predicted octanol–water partition coefficient (Wildman–Crippen LogP) is 3.20. The Morgan fingerprint density at radius 2 is 1.81 bits per heavy atom. The molecule has 144 valence electrons. The molecule has 1 N–H and O–H groups in total. The van der Waals surface area contributed by atoms with Gasteiger partial charge in [-0.15, -0.1) is 0 Å². The quantitative estimate of drug-likeness (QED) is 0.848. The third kappa shape index (κ3) is 4.89. The van der Waals surface area contributed by atoms with Gasteiger partial charge in [-0.05, 0) is 37.0 Å². The van der Waals surface area contributed by atoms with Crippen molar-refractivity contribution in [1.29, 1.82) is 0 Å². The second-order valence-corrected chi connectivity index (χ2v) is 7.30. The number of nitrogens with zero attached hydrogens (tertiary/aromatic N) is 3. The first-order valence-electron chi connectivity index (χ1n) is 9.58. The van der Waals surface area contributed by atoms with E-state index >= 15 is 0 Å². The summed E-state index contributed by atoms with van der Waals surface area (Å²) in [6.45, 7) is 6.13. The zero-order valence-corrected chi connectivity index (χ0v) is 16.0. The lowest BCUT2D eigenvalue weighted by Gasteiger charge is -2.42. The number of amides is 1. The van der Waals surface area contributed by atoms with Crippen molar-refractivity contribution in [3.63, 3.8) is 0 Å². The van der Waals surface area contributed by atoms with Gasteiger partial charge in [-0.2, -0.15) is 0 Å². The summed E-state index contributed by atoms with van der Waals surface area (Å²) in [7, 11) is 0. The van der Waals surface area contributed by atoms with E-state index in [0.717, 1.165) is 62.3 Å². The number of aryl methyl sites for hydroxylation is 1. The lowest BCUT2D eigenvalue weighted by atomic mass is 9.80. The highest BCUT2D eigenvalue weighted by atomic mass is 19.1. The van der Waals surface area contributed by atoms with Gasteiger partial charge in [-0.25, -0.2) is 14.4 Å². The van der Waals surface area contributed by atoms with Crippen LogP contribution in [-0.4, -0.2) is 33.9 Å². The summed E-state index contributed by atoms with van der Waals surface area (Å²) in [6, 6.07) is 6.48. The maximum Gasteiger partial charge on any atom is 0.217 e. The second kappa shape index (κ2) is 8.57. The van der Waals surface area contributed by atoms with Gasteiger partial charge in [0.05, 0.1) is 5.54 Å². The molecule has 5 nitrogen and oxygen atoms in total. The predicted molar refractivity (Wildman–Crippen MR) is 102 cm³/mol. The molecule has 0 bridgehead atoms. The van der Waals surface area contributed by atoms with E-state index in [2.05, 4.69) is 27.1 Å². The number of hydrogen-bond donors (Lipinski definition) is 1. The van der Waals surface area contributed by atoms with Crippen LogP contribution in [-0.2, 0) is 23.3 Å². The van der Waals surface area contributed by atoms with Crippen LogP contribution in [0, 0.1) is 5.82 Å². The van der Waals surface area contributed by atoms with Gasteiger partial charge in [-0.3, -0.25) is 9.69 Å². The zero-order valence-electron chi connectivity index (χ0n) is 16.0. The number of rotatable bonds is 6. The lowest BCUT2D eigenvalue weighted by Crippen LogP contribution is -2.52. The highest BCUT2D eigenvalue weighted by Gasteiger charge is 2.36. The average molecular weight is 370 g/mol. The summed E-state index contributed by atoms with van der Waals surface area (Å²) in [5.74, 6) is 0.564. The number of piperidine rings is 1. The number of aromatic nitrogens is 2. The normalized spacial score (nSPS) is 16.9. The van der Waals surface area contributed by atoms with Crippen LogP contribution in [0.15, 0.2) is 36.7 Å². The Morgan fingerprint density at radius 1 is 1.19 bits per heavy atom. The highest BCUT2D eigenvalue weighted by Crippen LogP contribution is 2.33. The molecular formula is C21H27FN4O. The molecule has 1 aliphatic heterocycles. The maximum atomic E-state index is 13.3. The molecule has 0 saturated carbocycles. The van der Waals surface area contributed by atoms with Gasteiger partial charge in [0.1, 0.15) is 11.6 Å². The standard InChI is InChI=1S/C21H27FN4O/c1-3-4-20-23-13-17(14-24-20)15-26-11-9-21(10-12-26,25-16(2)27)18-5-7-19(22)8-6-18/h5-8,13-14H,3-4,9-12,15H2,1-2H3,(H,25,27). The van der Waals surface area contributed by atoms with Gasteiger partial charge >= 0.3 is 0 Å². The van der Waals surface area contributed by atoms with Crippen molar-refractivity contribution in [3.8, 4) is 0 Å². The van der Waals surface area contributed by atoms with E-state index in [0.29, 0.717) is 0 Å². The molecule has 1 aromatic carbocycles. The fourth-order valence-electron chi connectivity index (χ4n) is 3.76. The van der Waals surface area contributed by atoms with Crippen LogP contribution in [0.1, 0.15) is 50.1 Å². The number of benzene rings is 1. The van der Waals surface area contributed by atoms with Crippen molar-refractivity contribution in [3.05, 3.63) is 59.4 Å². The van der Waals surface area contributed by atoms with E-state index in [4.69, 9.17) is 0 Å². The summed E-state index contributed by atoms with van der Waals surface area (Å²) in [6.07, 6.45) is 7.34. The summed E-state index contributed by atoms with van der Waals surface area (Å²) >= 11 is 0. The van der Waals surface area contributed by atoms with E-state index in [1.807, 2.05) is 12.4 Å². The van der Waals surface area contributed by atoms with Crippen LogP contribution < -0.4 is 5.32 Å². The monoisotopic (exact) mass is 370 g/mol. The molecule has 1 aliphatic rings. The van der Waals surface area contributed by atoms with Crippen molar-refractivity contribution >= 4 is 5.91 Å². The number of carbonyl (C=O) groups is 1. The first-order chi connectivity index (χ1) is 13.0. The van der Waals surface area contributed by atoms with Crippen molar-refractivity contribution in [2.45, 2.75) is 51.6 Å². The summed E-state index contributed by atoms with van der Waals surface area (Å²) in [4.78, 5) is 23.0. The summed E-state index contributed by atoms with van der Waals surface area (Å²) < 4.78 is 13.3. The SMILES string of the molecule is CCCc1ncc(CN2CCC(NC(C)=O)(c3ccc(F)cc3)CC2)cn1. The number of hydrogen-bond acceptors (Lipinski definition) is 4. The zero-order chi connectivity index (χ0) is 19.3. The Balaban J connectivity index is 1.66. The van der Waals surface area contributed by atoms with Gasteiger partial charge in [0, 0.05) is 50.9 Å². The first-order valence-corrected chi connectivity index (χ1v) is 9.58. The number of carbonyl (C=O) groups excluding carboxylic acids is 1. The highest BCUT2D eigenvalue weighted by molar-refractivity contribution is 5.74. The van der Waals surface area contributed by atoms with Gasteiger partial charge in [0.25, 0.3) is 0 Å². The van der Waals surface area contributed by atoms with E-state index in [-0.39, 0.29) is 11.7 Å². The number of halogens is 1. The molecule has 2 aromatic rings. The van der Waals surface area contributed by atoms with Gasteiger partial charge < -0.3 is 5.32 Å². The van der Waals surface area contributed by atoms with E-state index in [9.17, 15) is 9.18 Å². The van der Waals surface area contributed by atoms with Crippen molar-refractivity contribution in [1.82, 2.24) is 20.2 Å². The van der Waals surface area contributed by atoms with E-state index in [1.165, 1.54) is 19.1 Å². The van der Waals surface area contributed by atoms with Crippen molar-refractivity contribution < 1.29 is 9.18 Å². The largest absolute Gasteiger partial charge is 0.347 e. The van der Waals surface area contributed by atoms with E-state index < -0.39 is 5.54 Å². The fraction of sp³-hybridized carbons (Fsp3) is 0.476.